The van der Waals surface area contributed by atoms with Crippen molar-refractivity contribution in [1.82, 2.24) is 5.32 Å². The van der Waals surface area contributed by atoms with Crippen molar-refractivity contribution in [1.29, 1.82) is 0 Å². The molecule has 0 amide bonds. The zero-order valence-corrected chi connectivity index (χ0v) is 12.4. The van der Waals surface area contributed by atoms with Gasteiger partial charge in [-0.05, 0) is 62.9 Å². The third-order valence-corrected chi connectivity index (χ3v) is 3.90. The predicted molar refractivity (Wildman–Crippen MR) is 81.2 cm³/mol. The summed E-state index contributed by atoms with van der Waals surface area (Å²) in [5.74, 6) is 1.000. The molecule has 1 atom stereocenters. The first-order chi connectivity index (χ1) is 9.20. The van der Waals surface area contributed by atoms with Crippen LogP contribution >= 0.6 is 0 Å². The van der Waals surface area contributed by atoms with Gasteiger partial charge in [-0.25, -0.2) is 0 Å². The number of ether oxygens (including phenoxy) is 1. The fourth-order valence-electron chi connectivity index (χ4n) is 2.94. The number of aryl methyl sites for hydroxylation is 2. The van der Waals surface area contributed by atoms with E-state index in [2.05, 4.69) is 36.6 Å². The normalized spacial score (nSPS) is 19.2. The van der Waals surface area contributed by atoms with Crippen molar-refractivity contribution in [2.45, 2.75) is 45.6 Å². The quantitative estimate of drug-likeness (QED) is 0.854. The first-order valence-corrected chi connectivity index (χ1v) is 7.33. The molecule has 0 aliphatic carbocycles. The van der Waals surface area contributed by atoms with E-state index in [-0.39, 0.29) is 0 Å². The average molecular weight is 262 g/mol. The maximum Gasteiger partial charge on any atom is 0.124 e. The van der Waals surface area contributed by atoms with Crippen LogP contribution in [0.3, 0.4) is 0 Å². The van der Waals surface area contributed by atoms with Crippen molar-refractivity contribution >= 4 is 5.69 Å². The highest BCUT2D eigenvalue weighted by atomic mass is 16.5. The average Bonchev–Trinajstić information content (AvgIpc) is 2.40. The molecule has 1 aromatic rings. The van der Waals surface area contributed by atoms with Gasteiger partial charge in [0.15, 0.2) is 0 Å². The molecule has 0 radical (unpaired) electrons. The van der Waals surface area contributed by atoms with Crippen molar-refractivity contribution in [3.05, 3.63) is 23.3 Å². The lowest BCUT2D eigenvalue weighted by Gasteiger charge is -2.23. The molecule has 3 heteroatoms. The zero-order chi connectivity index (χ0) is 13.7. The summed E-state index contributed by atoms with van der Waals surface area (Å²) in [6.45, 7) is 6.41. The minimum atomic E-state index is 0.696. The Bertz CT molecular complexity index is 388. The maximum atomic E-state index is 5.39. The van der Waals surface area contributed by atoms with Crippen molar-refractivity contribution in [3.8, 4) is 5.75 Å². The summed E-state index contributed by atoms with van der Waals surface area (Å²) < 4.78 is 5.39. The zero-order valence-electron chi connectivity index (χ0n) is 12.4. The van der Waals surface area contributed by atoms with Gasteiger partial charge in [-0.15, -0.1) is 0 Å². The molecule has 1 aliphatic heterocycles. The molecule has 0 bridgehead atoms. The van der Waals surface area contributed by atoms with E-state index in [1.165, 1.54) is 49.0 Å². The number of hydrogen-bond acceptors (Lipinski definition) is 3. The fourth-order valence-corrected chi connectivity index (χ4v) is 2.94. The summed E-state index contributed by atoms with van der Waals surface area (Å²) in [6.07, 6.45) is 5.23. The highest BCUT2D eigenvalue weighted by molar-refractivity contribution is 5.55. The van der Waals surface area contributed by atoms with Crippen LogP contribution in [0.4, 0.5) is 5.69 Å². The van der Waals surface area contributed by atoms with Crippen molar-refractivity contribution in [2.75, 3.05) is 25.5 Å². The van der Waals surface area contributed by atoms with E-state index < -0.39 is 0 Å². The molecule has 1 aromatic carbocycles. The first kappa shape index (κ1) is 14.2. The van der Waals surface area contributed by atoms with Gasteiger partial charge in [-0.3, -0.25) is 0 Å². The van der Waals surface area contributed by atoms with Crippen LogP contribution in [0.15, 0.2) is 12.1 Å². The number of anilines is 1. The molecule has 2 N–H and O–H groups in total. The fraction of sp³-hybridized carbons (Fsp3) is 0.625. The lowest BCUT2D eigenvalue weighted by atomic mass is 10.0. The van der Waals surface area contributed by atoms with E-state index in [0.29, 0.717) is 6.04 Å². The smallest absolute Gasteiger partial charge is 0.124 e. The Hall–Kier alpha value is -1.22. The Morgan fingerprint density at radius 3 is 2.58 bits per heavy atom. The lowest BCUT2D eigenvalue weighted by molar-refractivity contribution is 0.389. The highest BCUT2D eigenvalue weighted by Gasteiger charge is 2.11. The number of hydrogen-bond donors (Lipinski definition) is 2. The van der Waals surface area contributed by atoms with E-state index in [1.807, 2.05) is 0 Å². The lowest BCUT2D eigenvalue weighted by Crippen LogP contribution is -2.35. The predicted octanol–water partition coefficient (Wildman–Crippen LogP) is 3.26. The van der Waals surface area contributed by atoms with Crippen LogP contribution in [0.25, 0.3) is 0 Å². The van der Waals surface area contributed by atoms with Gasteiger partial charge in [0.25, 0.3) is 0 Å². The van der Waals surface area contributed by atoms with Crippen LogP contribution in [0.2, 0.25) is 0 Å². The molecular formula is C16H26N2O. The molecular weight excluding hydrogens is 236 g/mol. The molecule has 0 saturated carbocycles. The van der Waals surface area contributed by atoms with Crippen molar-refractivity contribution in [2.24, 2.45) is 0 Å². The summed E-state index contributed by atoms with van der Waals surface area (Å²) >= 11 is 0. The summed E-state index contributed by atoms with van der Waals surface area (Å²) in [7, 11) is 1.73. The van der Waals surface area contributed by atoms with E-state index >= 15 is 0 Å². The van der Waals surface area contributed by atoms with Crippen LogP contribution in [0.1, 0.15) is 36.8 Å². The number of nitrogens with one attached hydrogen (secondary N) is 2. The molecule has 1 aliphatic rings. The van der Waals surface area contributed by atoms with Gasteiger partial charge in [-0.2, -0.15) is 0 Å². The molecule has 19 heavy (non-hydrogen) atoms. The van der Waals surface area contributed by atoms with Crippen LogP contribution in [0.5, 0.6) is 5.75 Å². The number of rotatable bonds is 5. The summed E-state index contributed by atoms with van der Waals surface area (Å²) in [5.41, 5.74) is 3.59. The molecule has 1 fully saturated rings. The van der Waals surface area contributed by atoms with Crippen LogP contribution in [0, 0.1) is 13.8 Å². The van der Waals surface area contributed by atoms with E-state index in [1.54, 1.807) is 7.11 Å². The monoisotopic (exact) mass is 262 g/mol. The number of benzene rings is 1. The van der Waals surface area contributed by atoms with Gasteiger partial charge >= 0.3 is 0 Å². The van der Waals surface area contributed by atoms with Crippen LogP contribution < -0.4 is 15.4 Å². The summed E-state index contributed by atoms with van der Waals surface area (Å²) in [6, 6.07) is 5.03. The minimum absolute atomic E-state index is 0.696. The topological polar surface area (TPSA) is 33.3 Å². The Kier molecular flexibility index (Phi) is 5.08. The Morgan fingerprint density at radius 2 is 2.00 bits per heavy atom. The van der Waals surface area contributed by atoms with Crippen molar-refractivity contribution < 1.29 is 4.74 Å². The maximum absolute atomic E-state index is 5.39. The second-order valence-electron chi connectivity index (χ2n) is 5.51. The third-order valence-electron chi connectivity index (χ3n) is 3.90. The Labute approximate surface area is 116 Å². The molecule has 2 rings (SSSR count). The van der Waals surface area contributed by atoms with Gasteiger partial charge in [0.1, 0.15) is 5.75 Å². The second-order valence-corrected chi connectivity index (χ2v) is 5.51. The first-order valence-electron chi connectivity index (χ1n) is 7.33. The minimum Gasteiger partial charge on any atom is -0.496 e. The molecule has 1 unspecified atom stereocenters. The Morgan fingerprint density at radius 1 is 1.26 bits per heavy atom. The van der Waals surface area contributed by atoms with Crippen LogP contribution in [-0.4, -0.2) is 26.2 Å². The molecule has 3 nitrogen and oxygen atoms in total. The largest absolute Gasteiger partial charge is 0.496 e. The molecule has 1 saturated heterocycles. The van der Waals surface area contributed by atoms with E-state index in [4.69, 9.17) is 4.74 Å². The van der Waals surface area contributed by atoms with E-state index in [9.17, 15) is 0 Å². The van der Waals surface area contributed by atoms with Gasteiger partial charge < -0.3 is 15.4 Å². The van der Waals surface area contributed by atoms with E-state index in [0.717, 1.165) is 12.3 Å². The third kappa shape index (κ3) is 3.87. The van der Waals surface area contributed by atoms with Crippen LogP contribution in [-0.2, 0) is 0 Å². The van der Waals surface area contributed by atoms with Gasteiger partial charge in [0.05, 0.1) is 7.11 Å². The van der Waals surface area contributed by atoms with Crippen molar-refractivity contribution in [3.63, 3.8) is 0 Å². The number of methoxy groups -OCH3 is 1. The molecule has 106 valence electrons. The standard InChI is InChI=1S/C16H26N2O/c1-12-10-15(11-13(2)16(12)19-3)18-9-7-14-6-4-5-8-17-14/h10-11,14,17-18H,4-9H2,1-3H3. The summed E-state index contributed by atoms with van der Waals surface area (Å²) in [4.78, 5) is 0. The SMILES string of the molecule is COc1c(C)cc(NCCC2CCCCN2)cc1C. The molecule has 1 heterocycles. The van der Waals surface area contributed by atoms with Gasteiger partial charge in [0.2, 0.25) is 0 Å². The van der Waals surface area contributed by atoms with Gasteiger partial charge in [-0.1, -0.05) is 6.42 Å². The number of piperidine rings is 1. The Balaban J connectivity index is 1.85. The summed E-state index contributed by atoms with van der Waals surface area (Å²) in [5, 5.41) is 7.12. The molecule has 0 spiro atoms. The second kappa shape index (κ2) is 6.80. The van der Waals surface area contributed by atoms with Gasteiger partial charge in [0, 0.05) is 18.3 Å². The highest BCUT2D eigenvalue weighted by Crippen LogP contribution is 2.26. The molecule has 0 aromatic heterocycles.